The highest BCUT2D eigenvalue weighted by Crippen LogP contribution is 1.88. The van der Waals surface area contributed by atoms with E-state index < -0.39 is 17.9 Å². The molecular formula is C7H12N4O4. The van der Waals surface area contributed by atoms with Crippen LogP contribution in [0.25, 0.3) is 10.4 Å². The lowest BCUT2D eigenvalue weighted by molar-refractivity contribution is -0.143. The Bertz CT molecular complexity index is 274. The van der Waals surface area contributed by atoms with Crippen molar-refractivity contribution in [3.63, 3.8) is 0 Å². The number of carboxylic acids is 1. The molecule has 0 aromatic rings. The first kappa shape index (κ1) is 13.2. The van der Waals surface area contributed by atoms with E-state index in [1.807, 2.05) is 0 Å². The first-order chi connectivity index (χ1) is 7.07. The maximum absolute atomic E-state index is 10.6. The Morgan fingerprint density at radius 2 is 2.33 bits per heavy atom. The molecule has 0 aliphatic carbocycles. The maximum Gasteiger partial charge on any atom is 0.328 e. The lowest BCUT2D eigenvalue weighted by Crippen LogP contribution is -2.43. The fourth-order valence-electron chi connectivity index (χ4n) is 0.771. The van der Waals surface area contributed by atoms with Crippen LogP contribution in [0, 0.1) is 0 Å². The molecule has 0 aromatic heterocycles. The molecule has 0 bridgehead atoms. The molecule has 1 atom stereocenters. The van der Waals surface area contributed by atoms with Crippen molar-refractivity contribution >= 4 is 11.9 Å². The van der Waals surface area contributed by atoms with Gasteiger partial charge in [0.05, 0.1) is 13.2 Å². The maximum atomic E-state index is 10.6. The lowest BCUT2D eigenvalue weighted by Gasteiger charge is -2.12. The van der Waals surface area contributed by atoms with Gasteiger partial charge in [-0.25, -0.2) is 4.79 Å². The van der Waals surface area contributed by atoms with Gasteiger partial charge in [-0.3, -0.25) is 4.79 Å². The quantitative estimate of drug-likeness (QED) is 0.267. The van der Waals surface area contributed by atoms with Gasteiger partial charge in [0.2, 0.25) is 5.91 Å². The van der Waals surface area contributed by atoms with Gasteiger partial charge >= 0.3 is 5.97 Å². The summed E-state index contributed by atoms with van der Waals surface area (Å²) in [4.78, 5) is 23.7. The largest absolute Gasteiger partial charge is 0.480 e. The van der Waals surface area contributed by atoms with Gasteiger partial charge in [-0.1, -0.05) is 5.11 Å². The fourth-order valence-corrected chi connectivity index (χ4v) is 0.771. The van der Waals surface area contributed by atoms with E-state index in [0.29, 0.717) is 0 Å². The van der Waals surface area contributed by atoms with E-state index in [1.165, 1.54) is 6.92 Å². The van der Waals surface area contributed by atoms with Crippen LogP contribution in [0.15, 0.2) is 5.11 Å². The number of nitrogens with zero attached hydrogens (tertiary/aromatic N) is 3. The Hall–Kier alpha value is -1.79. The molecule has 0 unspecified atom stereocenters. The first-order valence-electron chi connectivity index (χ1n) is 4.16. The summed E-state index contributed by atoms with van der Waals surface area (Å²) in [6, 6.07) is -1.08. The minimum Gasteiger partial charge on any atom is -0.480 e. The molecule has 0 saturated carbocycles. The van der Waals surface area contributed by atoms with E-state index in [-0.39, 0.29) is 19.8 Å². The predicted molar refractivity (Wildman–Crippen MR) is 50.1 cm³/mol. The van der Waals surface area contributed by atoms with E-state index in [1.54, 1.807) is 0 Å². The Labute approximate surface area is 85.8 Å². The highest BCUT2D eigenvalue weighted by atomic mass is 16.5. The van der Waals surface area contributed by atoms with Crippen molar-refractivity contribution in [1.82, 2.24) is 5.32 Å². The summed E-state index contributed by atoms with van der Waals surface area (Å²) in [6.45, 7) is 1.31. The van der Waals surface area contributed by atoms with Crippen LogP contribution in [0.5, 0.6) is 0 Å². The Morgan fingerprint density at radius 1 is 1.67 bits per heavy atom. The minimum atomic E-state index is -1.17. The highest BCUT2D eigenvalue weighted by molar-refractivity contribution is 5.82. The summed E-state index contributed by atoms with van der Waals surface area (Å²) < 4.78 is 4.90. The number of carbonyl (C=O) groups is 2. The fraction of sp³-hybridized carbons (Fsp3) is 0.714. The zero-order valence-corrected chi connectivity index (χ0v) is 8.21. The average Bonchev–Trinajstić information content (AvgIpc) is 2.15. The Morgan fingerprint density at radius 3 is 2.80 bits per heavy atom. The van der Waals surface area contributed by atoms with Crippen molar-refractivity contribution in [3.05, 3.63) is 10.4 Å². The van der Waals surface area contributed by atoms with Gasteiger partial charge < -0.3 is 15.2 Å². The van der Waals surface area contributed by atoms with Crippen LogP contribution < -0.4 is 5.32 Å². The number of rotatable bonds is 7. The third-order valence-electron chi connectivity index (χ3n) is 1.36. The normalized spacial score (nSPS) is 11.3. The number of hydrogen-bond donors (Lipinski definition) is 2. The second-order valence-electron chi connectivity index (χ2n) is 2.62. The zero-order chi connectivity index (χ0) is 11.7. The molecule has 15 heavy (non-hydrogen) atoms. The molecule has 8 nitrogen and oxygen atoms in total. The van der Waals surface area contributed by atoms with Crippen molar-refractivity contribution in [3.8, 4) is 0 Å². The predicted octanol–water partition coefficient (Wildman–Crippen LogP) is -0.0974. The Balaban J connectivity index is 3.81. The second-order valence-corrected chi connectivity index (χ2v) is 2.62. The Kier molecular flexibility index (Phi) is 6.69. The number of aliphatic carboxylic acids is 1. The molecule has 0 rings (SSSR count). The van der Waals surface area contributed by atoms with Crippen LogP contribution in [0.3, 0.4) is 0 Å². The van der Waals surface area contributed by atoms with Crippen molar-refractivity contribution in [2.75, 3.05) is 19.8 Å². The number of azide groups is 1. The molecule has 0 aliphatic rings. The summed E-state index contributed by atoms with van der Waals surface area (Å²) in [5.41, 5.74) is 7.93. The summed E-state index contributed by atoms with van der Waals surface area (Å²) in [6.07, 6.45) is 0. The molecule has 84 valence electrons. The molecule has 0 aliphatic heterocycles. The van der Waals surface area contributed by atoms with Crippen LogP contribution >= 0.6 is 0 Å². The summed E-state index contributed by atoms with van der Waals surface area (Å²) in [5, 5.41) is 14.0. The first-order valence-corrected chi connectivity index (χ1v) is 4.16. The van der Waals surface area contributed by atoms with E-state index >= 15 is 0 Å². The van der Waals surface area contributed by atoms with Crippen LogP contribution in [-0.4, -0.2) is 42.8 Å². The van der Waals surface area contributed by atoms with Crippen LogP contribution in [0.1, 0.15) is 6.92 Å². The molecule has 0 saturated heterocycles. The van der Waals surface area contributed by atoms with Crippen molar-refractivity contribution in [1.29, 1.82) is 0 Å². The molecule has 0 spiro atoms. The zero-order valence-electron chi connectivity index (χ0n) is 8.21. The number of amides is 1. The number of ether oxygens (including phenoxy) is 1. The van der Waals surface area contributed by atoms with Crippen molar-refractivity contribution in [2.24, 2.45) is 5.11 Å². The van der Waals surface area contributed by atoms with Gasteiger partial charge in [-0.15, -0.1) is 0 Å². The van der Waals surface area contributed by atoms with Crippen LogP contribution in [-0.2, 0) is 14.3 Å². The number of nitrogens with one attached hydrogen (secondary N) is 1. The third kappa shape index (κ3) is 7.29. The monoisotopic (exact) mass is 216 g/mol. The summed E-state index contributed by atoms with van der Waals surface area (Å²) in [5.74, 6) is -1.62. The lowest BCUT2D eigenvalue weighted by atomic mass is 10.3. The number of carboxylic acid groups (broad SMARTS) is 1. The topological polar surface area (TPSA) is 124 Å². The van der Waals surface area contributed by atoms with Gasteiger partial charge in [0.25, 0.3) is 0 Å². The van der Waals surface area contributed by atoms with E-state index in [0.717, 1.165) is 0 Å². The molecule has 0 radical (unpaired) electrons. The SMILES string of the molecule is CC(=O)N[C@H](COCCN=[N+]=[N-])C(=O)O. The second kappa shape index (κ2) is 7.60. The van der Waals surface area contributed by atoms with Gasteiger partial charge in [0, 0.05) is 18.4 Å². The van der Waals surface area contributed by atoms with E-state index in [9.17, 15) is 9.59 Å². The number of hydrogen-bond acceptors (Lipinski definition) is 4. The standard InChI is InChI=1S/C7H12N4O4/c1-5(12)10-6(7(13)14)4-15-3-2-9-11-8/h6H,2-4H2,1H3,(H,10,12)(H,13,14)/t6-/m1/s1. The smallest absolute Gasteiger partial charge is 0.328 e. The molecule has 0 fully saturated rings. The van der Waals surface area contributed by atoms with Gasteiger partial charge in [0.15, 0.2) is 6.04 Å². The van der Waals surface area contributed by atoms with E-state index in [2.05, 4.69) is 15.3 Å². The van der Waals surface area contributed by atoms with Gasteiger partial charge in [-0.2, -0.15) is 0 Å². The van der Waals surface area contributed by atoms with Crippen molar-refractivity contribution in [2.45, 2.75) is 13.0 Å². The van der Waals surface area contributed by atoms with Crippen LogP contribution in [0.4, 0.5) is 0 Å². The summed E-state index contributed by atoms with van der Waals surface area (Å²) in [7, 11) is 0. The van der Waals surface area contributed by atoms with E-state index in [4.69, 9.17) is 15.4 Å². The molecule has 0 heterocycles. The molecular weight excluding hydrogens is 204 g/mol. The van der Waals surface area contributed by atoms with Crippen molar-refractivity contribution < 1.29 is 19.4 Å². The van der Waals surface area contributed by atoms with Gasteiger partial charge in [-0.05, 0) is 5.53 Å². The molecule has 8 heteroatoms. The number of carbonyl (C=O) groups excluding carboxylic acids is 1. The molecule has 2 N–H and O–H groups in total. The highest BCUT2D eigenvalue weighted by Gasteiger charge is 2.17. The molecule has 0 aromatic carbocycles. The third-order valence-corrected chi connectivity index (χ3v) is 1.36. The average molecular weight is 216 g/mol. The molecule has 1 amide bonds. The summed E-state index contributed by atoms with van der Waals surface area (Å²) >= 11 is 0. The minimum absolute atomic E-state index is 0.118. The van der Waals surface area contributed by atoms with Gasteiger partial charge in [0.1, 0.15) is 0 Å². The van der Waals surface area contributed by atoms with Crippen LogP contribution in [0.2, 0.25) is 0 Å².